The third-order valence-electron chi connectivity index (χ3n) is 3.16. The summed E-state index contributed by atoms with van der Waals surface area (Å²) in [4.78, 5) is 11.7. The van der Waals surface area contributed by atoms with Gasteiger partial charge >= 0.3 is 6.18 Å². The normalized spacial score (nSPS) is 11.9. The number of halogens is 3. The molecule has 0 radical (unpaired) electrons. The highest BCUT2D eigenvalue weighted by Crippen LogP contribution is 2.35. The zero-order chi connectivity index (χ0) is 15.1. The van der Waals surface area contributed by atoms with Crippen molar-refractivity contribution in [1.82, 2.24) is 4.57 Å². The van der Waals surface area contributed by atoms with Crippen LogP contribution in [0.1, 0.15) is 22.8 Å². The van der Waals surface area contributed by atoms with Gasteiger partial charge in [-0.3, -0.25) is 4.79 Å². The van der Waals surface area contributed by atoms with Gasteiger partial charge in [0.25, 0.3) is 0 Å². The zero-order valence-electron chi connectivity index (χ0n) is 11.3. The zero-order valence-corrected chi connectivity index (χ0v) is 11.3. The first-order valence-electron chi connectivity index (χ1n) is 5.97. The topological polar surface area (TPSA) is 31.2 Å². The monoisotopic (exact) mass is 285 g/mol. The van der Waals surface area contributed by atoms with Crippen molar-refractivity contribution in [3.63, 3.8) is 0 Å². The molecular weight excluding hydrogens is 271 g/mol. The Kier molecular flexibility index (Phi) is 3.50. The summed E-state index contributed by atoms with van der Waals surface area (Å²) in [6.45, 7) is 1.34. The lowest BCUT2D eigenvalue weighted by molar-refractivity contribution is -0.127. The lowest BCUT2D eigenvalue weighted by Crippen LogP contribution is -2.12. The van der Waals surface area contributed by atoms with Crippen molar-refractivity contribution in [2.24, 2.45) is 7.05 Å². The number of ether oxygens (including phenoxy) is 1. The molecule has 6 heteroatoms. The molecule has 0 N–H and O–H groups in total. The first kappa shape index (κ1) is 14.4. The molecule has 2 rings (SSSR count). The van der Waals surface area contributed by atoms with E-state index in [1.807, 2.05) is 0 Å². The quantitative estimate of drug-likeness (QED) is 0.808. The summed E-state index contributed by atoms with van der Waals surface area (Å²) in [5.41, 5.74) is 0.860. The predicted molar refractivity (Wildman–Crippen MR) is 69.2 cm³/mol. The van der Waals surface area contributed by atoms with Crippen LogP contribution in [0.2, 0.25) is 0 Å². The number of hydrogen-bond acceptors (Lipinski definition) is 2. The van der Waals surface area contributed by atoms with Crippen molar-refractivity contribution in [3.8, 4) is 5.75 Å². The van der Waals surface area contributed by atoms with E-state index < -0.39 is 12.6 Å². The molecule has 2 aromatic rings. The highest BCUT2D eigenvalue weighted by molar-refractivity contribution is 6.09. The number of rotatable bonds is 3. The second kappa shape index (κ2) is 4.85. The van der Waals surface area contributed by atoms with Gasteiger partial charge in [0.2, 0.25) is 0 Å². The Bertz CT molecular complexity index is 671. The first-order valence-corrected chi connectivity index (χ1v) is 5.97. The van der Waals surface area contributed by atoms with E-state index in [0.717, 1.165) is 0 Å². The number of aryl methyl sites for hydroxylation is 1. The van der Waals surface area contributed by atoms with E-state index in [-0.39, 0.29) is 16.9 Å². The lowest BCUT2D eigenvalue weighted by atomic mass is 10.0. The summed E-state index contributed by atoms with van der Waals surface area (Å²) >= 11 is 0. The number of methoxy groups -OCH3 is 1. The molecule has 1 aromatic carbocycles. The van der Waals surface area contributed by atoms with Crippen molar-refractivity contribution < 1.29 is 22.7 Å². The number of benzene rings is 1. The Morgan fingerprint density at radius 1 is 1.35 bits per heavy atom. The fraction of sp³-hybridized carbons (Fsp3) is 0.357. The number of alkyl halides is 3. The SMILES string of the molecule is COc1ccc(CC(F)(F)F)c2c(C(C)=O)cn(C)c12. The van der Waals surface area contributed by atoms with Gasteiger partial charge in [-0.25, -0.2) is 0 Å². The molecule has 0 unspecified atom stereocenters. The number of nitrogens with zero attached hydrogens (tertiary/aromatic N) is 1. The summed E-state index contributed by atoms with van der Waals surface area (Å²) in [5.74, 6) is 0.174. The molecule has 108 valence electrons. The average Bonchev–Trinajstić information content (AvgIpc) is 2.67. The number of ketones is 1. The van der Waals surface area contributed by atoms with Gasteiger partial charge in [0.1, 0.15) is 5.75 Å². The summed E-state index contributed by atoms with van der Waals surface area (Å²) in [7, 11) is 3.12. The van der Waals surface area contributed by atoms with E-state index in [9.17, 15) is 18.0 Å². The van der Waals surface area contributed by atoms with Gasteiger partial charge in [0.05, 0.1) is 19.0 Å². The van der Waals surface area contributed by atoms with E-state index in [1.54, 1.807) is 11.6 Å². The van der Waals surface area contributed by atoms with Crippen LogP contribution < -0.4 is 4.74 Å². The van der Waals surface area contributed by atoms with Crippen molar-refractivity contribution in [1.29, 1.82) is 0 Å². The molecule has 0 amide bonds. The molecule has 0 bridgehead atoms. The highest BCUT2D eigenvalue weighted by Gasteiger charge is 2.30. The van der Waals surface area contributed by atoms with Gasteiger partial charge in [-0.15, -0.1) is 0 Å². The minimum atomic E-state index is -4.33. The van der Waals surface area contributed by atoms with E-state index in [1.165, 1.54) is 32.4 Å². The third kappa shape index (κ3) is 2.50. The second-order valence-corrected chi connectivity index (χ2v) is 4.65. The van der Waals surface area contributed by atoms with E-state index in [2.05, 4.69) is 0 Å². The van der Waals surface area contributed by atoms with Gasteiger partial charge < -0.3 is 9.30 Å². The maximum absolute atomic E-state index is 12.7. The molecule has 1 aromatic heterocycles. The largest absolute Gasteiger partial charge is 0.495 e. The van der Waals surface area contributed by atoms with Crippen molar-refractivity contribution >= 4 is 16.7 Å². The third-order valence-corrected chi connectivity index (χ3v) is 3.16. The molecule has 0 saturated heterocycles. The molecule has 20 heavy (non-hydrogen) atoms. The summed E-state index contributed by atoms with van der Waals surface area (Å²) in [6, 6.07) is 2.86. The first-order chi connectivity index (χ1) is 9.24. The Morgan fingerprint density at radius 3 is 2.50 bits per heavy atom. The van der Waals surface area contributed by atoms with E-state index >= 15 is 0 Å². The maximum atomic E-state index is 12.7. The Balaban J connectivity index is 2.80. The molecular formula is C14H14F3NO2. The number of carbonyl (C=O) groups is 1. The summed E-state index contributed by atoms with van der Waals surface area (Å²) < 4.78 is 44.8. The maximum Gasteiger partial charge on any atom is 0.393 e. The van der Waals surface area contributed by atoms with E-state index in [4.69, 9.17) is 4.74 Å². The summed E-state index contributed by atoms with van der Waals surface area (Å²) in [6.07, 6.45) is -3.86. The lowest BCUT2D eigenvalue weighted by Gasteiger charge is -2.11. The highest BCUT2D eigenvalue weighted by atomic mass is 19.4. The van der Waals surface area contributed by atoms with Crippen LogP contribution in [0.5, 0.6) is 5.75 Å². The molecule has 3 nitrogen and oxygen atoms in total. The number of aromatic nitrogens is 1. The van der Waals surface area contributed by atoms with Crippen LogP contribution in [0.25, 0.3) is 10.9 Å². The van der Waals surface area contributed by atoms with Gasteiger partial charge in [-0.2, -0.15) is 13.2 Å². The molecule has 0 spiro atoms. The van der Waals surface area contributed by atoms with E-state index in [0.29, 0.717) is 16.7 Å². The molecule has 0 atom stereocenters. The molecule has 0 aliphatic heterocycles. The minimum absolute atomic E-state index is 0.0825. The molecule has 0 aliphatic rings. The van der Waals surface area contributed by atoms with Crippen LogP contribution in [-0.4, -0.2) is 23.6 Å². The number of hydrogen-bond donors (Lipinski definition) is 0. The molecule has 1 heterocycles. The van der Waals surface area contributed by atoms with Crippen molar-refractivity contribution in [2.45, 2.75) is 19.5 Å². The Labute approximate surface area is 113 Å². The molecule has 0 aliphatic carbocycles. The van der Waals surface area contributed by atoms with Gasteiger partial charge in [0, 0.05) is 24.2 Å². The van der Waals surface area contributed by atoms with Crippen LogP contribution in [0.4, 0.5) is 13.2 Å². The fourth-order valence-electron chi connectivity index (χ4n) is 2.38. The number of Topliss-reactive ketones (excluding diaryl/α,β-unsaturated/α-hetero) is 1. The predicted octanol–water partition coefficient (Wildman–Crippen LogP) is 3.49. The molecule has 0 fully saturated rings. The van der Waals surface area contributed by atoms with Gasteiger partial charge in [-0.1, -0.05) is 6.07 Å². The van der Waals surface area contributed by atoms with Crippen molar-refractivity contribution in [2.75, 3.05) is 7.11 Å². The fourth-order valence-corrected chi connectivity index (χ4v) is 2.38. The molecule has 0 saturated carbocycles. The number of fused-ring (bicyclic) bond motifs is 1. The smallest absolute Gasteiger partial charge is 0.393 e. The van der Waals surface area contributed by atoms with Gasteiger partial charge in [-0.05, 0) is 18.6 Å². The van der Waals surface area contributed by atoms with Crippen molar-refractivity contribution in [3.05, 3.63) is 29.5 Å². The van der Waals surface area contributed by atoms with Crippen LogP contribution in [0.3, 0.4) is 0 Å². The Morgan fingerprint density at radius 2 is 2.00 bits per heavy atom. The number of carbonyl (C=O) groups excluding carboxylic acids is 1. The standard InChI is InChI=1S/C14H14F3NO2/c1-8(19)10-7-18(2)13-11(20-3)5-4-9(12(10)13)6-14(15,16)17/h4-5,7H,6H2,1-3H3. The van der Waals surface area contributed by atoms with Crippen LogP contribution in [0.15, 0.2) is 18.3 Å². The second-order valence-electron chi connectivity index (χ2n) is 4.65. The average molecular weight is 285 g/mol. The van der Waals surface area contributed by atoms with Crippen LogP contribution in [-0.2, 0) is 13.5 Å². The van der Waals surface area contributed by atoms with Crippen LogP contribution >= 0.6 is 0 Å². The summed E-state index contributed by atoms with van der Waals surface area (Å²) in [5, 5.41) is 0.316. The minimum Gasteiger partial charge on any atom is -0.495 e. The Hall–Kier alpha value is -1.98. The van der Waals surface area contributed by atoms with Gasteiger partial charge in [0.15, 0.2) is 5.78 Å². The van der Waals surface area contributed by atoms with Crippen LogP contribution in [0, 0.1) is 0 Å².